The predicted molar refractivity (Wildman–Crippen MR) is 136 cm³/mol. The maximum absolute atomic E-state index is 13.2. The molecular formula is C27H36N2O5S. The Morgan fingerprint density at radius 1 is 1.23 bits per heavy atom. The third kappa shape index (κ3) is 7.21. The highest BCUT2D eigenvalue weighted by Gasteiger charge is 2.40. The van der Waals surface area contributed by atoms with Crippen LogP contribution in [-0.4, -0.2) is 56.9 Å². The number of esters is 1. The summed E-state index contributed by atoms with van der Waals surface area (Å²) in [6.07, 6.45) is 0.752. The van der Waals surface area contributed by atoms with Crippen molar-refractivity contribution in [3.8, 4) is 10.4 Å². The van der Waals surface area contributed by atoms with Crippen LogP contribution in [0.4, 0.5) is 0 Å². The third-order valence-electron chi connectivity index (χ3n) is 6.23. The molecular weight excluding hydrogens is 464 g/mol. The molecule has 7 nitrogen and oxygen atoms in total. The molecule has 1 saturated heterocycles. The molecule has 0 bridgehead atoms. The first kappa shape index (κ1) is 27.0. The Morgan fingerprint density at radius 3 is 2.49 bits per heavy atom. The highest BCUT2D eigenvalue weighted by Crippen LogP contribution is 2.28. The van der Waals surface area contributed by atoms with Crippen molar-refractivity contribution in [2.45, 2.75) is 84.5 Å². The molecule has 8 heteroatoms. The highest BCUT2D eigenvalue weighted by molar-refractivity contribution is 7.13. The summed E-state index contributed by atoms with van der Waals surface area (Å²) in [5.74, 6) is -1.34. The molecule has 1 aromatic carbocycles. The maximum atomic E-state index is 13.2. The van der Waals surface area contributed by atoms with E-state index >= 15 is 0 Å². The number of likely N-dealkylation sites (tertiary alicyclic amines) is 1. The number of ether oxygens (including phenoxy) is 1. The minimum atomic E-state index is -0.742. The number of thiazole rings is 1. The van der Waals surface area contributed by atoms with Gasteiger partial charge in [-0.25, -0.2) is 4.98 Å². The average Bonchev–Trinajstić information content (AvgIpc) is 3.40. The first-order valence-electron chi connectivity index (χ1n) is 12.2. The number of carbonyl (C=O) groups excluding carboxylic acids is 3. The van der Waals surface area contributed by atoms with E-state index in [2.05, 4.69) is 4.98 Å². The lowest BCUT2D eigenvalue weighted by atomic mass is 9.97. The van der Waals surface area contributed by atoms with E-state index in [1.54, 1.807) is 32.1 Å². The Bertz CT molecular complexity index is 1040. The fourth-order valence-electron chi connectivity index (χ4n) is 4.42. The Morgan fingerprint density at radius 2 is 1.91 bits per heavy atom. The summed E-state index contributed by atoms with van der Waals surface area (Å²) < 4.78 is 5.38. The second-order valence-electron chi connectivity index (χ2n) is 10.2. The SMILES string of the molecule is CC[C@H](CC(=O)OC(C)(C)C)C(=O)N1C[C@H](O)C[C@H]1C(=O)CCc1ccc(-c2scnc2C)cc1. The summed E-state index contributed by atoms with van der Waals surface area (Å²) in [7, 11) is 0. The topological polar surface area (TPSA) is 96.8 Å². The number of β-amino-alcohol motifs (C(OH)–C–C–N with tert-alkyl or cyclic N) is 1. The number of hydrogen-bond acceptors (Lipinski definition) is 7. The molecule has 1 amide bonds. The molecule has 1 aliphatic rings. The summed E-state index contributed by atoms with van der Waals surface area (Å²) in [5, 5.41) is 10.2. The fourth-order valence-corrected chi connectivity index (χ4v) is 5.24. The Balaban J connectivity index is 1.61. The lowest BCUT2D eigenvalue weighted by Crippen LogP contribution is -2.44. The van der Waals surface area contributed by atoms with Crippen molar-refractivity contribution in [3.05, 3.63) is 41.0 Å². The van der Waals surface area contributed by atoms with E-state index in [1.807, 2.05) is 43.6 Å². The molecule has 0 saturated carbocycles. The molecule has 3 atom stereocenters. The van der Waals surface area contributed by atoms with Crippen molar-refractivity contribution in [2.24, 2.45) is 5.92 Å². The average molecular weight is 501 g/mol. The molecule has 3 rings (SSSR count). The van der Waals surface area contributed by atoms with Crippen LogP contribution in [0, 0.1) is 12.8 Å². The molecule has 0 aliphatic carbocycles. The quantitative estimate of drug-likeness (QED) is 0.515. The van der Waals surface area contributed by atoms with E-state index < -0.39 is 29.6 Å². The molecule has 0 spiro atoms. The molecule has 2 aromatic rings. The molecule has 2 heterocycles. The molecule has 35 heavy (non-hydrogen) atoms. The highest BCUT2D eigenvalue weighted by atomic mass is 32.1. The van der Waals surface area contributed by atoms with Crippen molar-refractivity contribution in [2.75, 3.05) is 6.54 Å². The molecule has 1 aliphatic heterocycles. The number of rotatable bonds is 9. The number of aromatic nitrogens is 1. The van der Waals surface area contributed by atoms with Gasteiger partial charge in [-0.15, -0.1) is 11.3 Å². The van der Waals surface area contributed by atoms with Gasteiger partial charge in [0.1, 0.15) is 5.60 Å². The normalized spacial score (nSPS) is 19.0. The van der Waals surface area contributed by atoms with Gasteiger partial charge in [0.2, 0.25) is 5.91 Å². The van der Waals surface area contributed by atoms with Gasteiger partial charge in [-0.1, -0.05) is 31.2 Å². The number of aliphatic hydroxyl groups is 1. The number of ketones is 1. The smallest absolute Gasteiger partial charge is 0.307 e. The Hall–Kier alpha value is -2.58. The van der Waals surface area contributed by atoms with Gasteiger partial charge < -0.3 is 14.7 Å². The summed E-state index contributed by atoms with van der Waals surface area (Å²) in [4.78, 5) is 45.5. The van der Waals surface area contributed by atoms with Gasteiger partial charge in [0.05, 0.1) is 34.6 Å². The largest absolute Gasteiger partial charge is 0.460 e. The van der Waals surface area contributed by atoms with Crippen LogP contribution >= 0.6 is 11.3 Å². The second kappa shape index (κ2) is 11.4. The molecule has 1 N–H and O–H groups in total. The molecule has 1 fully saturated rings. The third-order valence-corrected chi connectivity index (χ3v) is 7.21. The zero-order chi connectivity index (χ0) is 25.8. The van der Waals surface area contributed by atoms with Gasteiger partial charge >= 0.3 is 5.97 Å². The van der Waals surface area contributed by atoms with Crippen LogP contribution in [0.15, 0.2) is 29.8 Å². The monoisotopic (exact) mass is 500 g/mol. The Labute approximate surface area is 211 Å². The van der Waals surface area contributed by atoms with Gasteiger partial charge in [-0.2, -0.15) is 0 Å². The van der Waals surface area contributed by atoms with E-state index in [0.717, 1.165) is 21.7 Å². The van der Waals surface area contributed by atoms with Crippen molar-refractivity contribution < 1.29 is 24.2 Å². The number of aliphatic hydroxyl groups excluding tert-OH is 1. The molecule has 0 unspecified atom stereocenters. The number of hydrogen-bond donors (Lipinski definition) is 1. The fraction of sp³-hybridized carbons (Fsp3) is 0.556. The van der Waals surface area contributed by atoms with Gasteiger partial charge in [-0.3, -0.25) is 14.4 Å². The molecule has 0 radical (unpaired) electrons. The zero-order valence-corrected chi connectivity index (χ0v) is 22.1. The van der Waals surface area contributed by atoms with E-state index in [1.165, 1.54) is 4.90 Å². The molecule has 1 aromatic heterocycles. The van der Waals surface area contributed by atoms with Gasteiger partial charge in [0.15, 0.2) is 5.78 Å². The van der Waals surface area contributed by atoms with Crippen LogP contribution < -0.4 is 0 Å². The van der Waals surface area contributed by atoms with Gasteiger partial charge in [0, 0.05) is 25.3 Å². The van der Waals surface area contributed by atoms with E-state index in [4.69, 9.17) is 4.74 Å². The van der Waals surface area contributed by atoms with Crippen LogP contribution in [0.3, 0.4) is 0 Å². The van der Waals surface area contributed by atoms with Crippen molar-refractivity contribution in [3.63, 3.8) is 0 Å². The number of aryl methyl sites for hydroxylation is 2. The summed E-state index contributed by atoms with van der Waals surface area (Å²) in [5.41, 5.74) is 4.35. The standard InChI is InChI=1S/C27H36N2O5S/c1-6-19(13-24(32)34-27(3,4)5)26(33)29-15-21(30)14-22(29)23(31)12-9-18-7-10-20(11-8-18)25-17(2)28-16-35-25/h7-8,10-11,16,19,21-22,30H,6,9,12-15H2,1-5H3/t19-,21-,22+/m1/s1. The minimum Gasteiger partial charge on any atom is -0.460 e. The maximum Gasteiger partial charge on any atom is 0.307 e. The van der Waals surface area contributed by atoms with E-state index in [-0.39, 0.29) is 37.5 Å². The number of nitrogens with zero attached hydrogens (tertiary/aromatic N) is 2. The van der Waals surface area contributed by atoms with E-state index in [9.17, 15) is 19.5 Å². The van der Waals surface area contributed by atoms with Crippen LogP contribution in [0.5, 0.6) is 0 Å². The van der Waals surface area contributed by atoms with Crippen LogP contribution in [0.25, 0.3) is 10.4 Å². The van der Waals surface area contributed by atoms with Crippen molar-refractivity contribution in [1.29, 1.82) is 0 Å². The first-order valence-corrected chi connectivity index (χ1v) is 13.1. The van der Waals surface area contributed by atoms with Crippen LogP contribution in [0.2, 0.25) is 0 Å². The molecule has 190 valence electrons. The van der Waals surface area contributed by atoms with Crippen molar-refractivity contribution >= 4 is 29.0 Å². The van der Waals surface area contributed by atoms with Crippen LogP contribution in [0.1, 0.15) is 64.6 Å². The lowest BCUT2D eigenvalue weighted by Gasteiger charge is -2.28. The summed E-state index contributed by atoms with van der Waals surface area (Å²) in [6, 6.07) is 7.45. The van der Waals surface area contributed by atoms with Gasteiger partial charge in [0.25, 0.3) is 0 Å². The lowest BCUT2D eigenvalue weighted by molar-refractivity contribution is -0.158. The van der Waals surface area contributed by atoms with Gasteiger partial charge in [-0.05, 0) is 51.7 Å². The van der Waals surface area contributed by atoms with Crippen molar-refractivity contribution in [1.82, 2.24) is 9.88 Å². The number of benzene rings is 1. The number of Topliss-reactive ketones (excluding diaryl/α,β-unsaturated/α-hetero) is 1. The minimum absolute atomic E-state index is 0.0360. The van der Waals surface area contributed by atoms with Crippen LogP contribution in [-0.2, 0) is 25.5 Å². The summed E-state index contributed by atoms with van der Waals surface area (Å²) in [6.45, 7) is 9.29. The first-order chi connectivity index (χ1) is 16.5. The Kier molecular flexibility index (Phi) is 8.83. The zero-order valence-electron chi connectivity index (χ0n) is 21.2. The number of amides is 1. The second-order valence-corrected chi connectivity index (χ2v) is 11.1. The summed E-state index contributed by atoms with van der Waals surface area (Å²) >= 11 is 1.60. The number of carbonyl (C=O) groups is 3. The predicted octanol–water partition coefficient (Wildman–Crippen LogP) is 4.34. The van der Waals surface area contributed by atoms with E-state index in [0.29, 0.717) is 12.8 Å².